The number of nitrogens with one attached hydrogen (secondary N) is 2. The SMILES string of the molecule is O=C(Nc1ccccc1)NC(CO)c1ccc(Cl)cc1. The largest absolute Gasteiger partial charge is 0.394 e. The van der Waals surface area contributed by atoms with E-state index in [1.54, 1.807) is 36.4 Å². The zero-order chi connectivity index (χ0) is 14.4. The second kappa shape index (κ2) is 6.93. The number of urea groups is 1. The summed E-state index contributed by atoms with van der Waals surface area (Å²) in [6.45, 7) is -0.191. The quantitative estimate of drug-likeness (QED) is 0.810. The summed E-state index contributed by atoms with van der Waals surface area (Å²) in [7, 11) is 0. The Morgan fingerprint density at radius 3 is 2.35 bits per heavy atom. The summed E-state index contributed by atoms with van der Waals surface area (Å²) in [5.41, 5.74) is 1.48. The minimum Gasteiger partial charge on any atom is -0.394 e. The number of aliphatic hydroxyl groups excluding tert-OH is 1. The predicted molar refractivity (Wildman–Crippen MR) is 79.9 cm³/mol. The number of halogens is 1. The molecule has 0 radical (unpaired) electrons. The van der Waals surface area contributed by atoms with Crippen LogP contribution in [0.4, 0.5) is 10.5 Å². The molecule has 0 aliphatic rings. The van der Waals surface area contributed by atoms with Gasteiger partial charge in [0.05, 0.1) is 12.6 Å². The summed E-state index contributed by atoms with van der Waals surface area (Å²) >= 11 is 5.81. The Bertz CT molecular complexity index is 558. The van der Waals surface area contributed by atoms with Gasteiger partial charge in [-0.1, -0.05) is 41.9 Å². The van der Waals surface area contributed by atoms with Gasteiger partial charge >= 0.3 is 6.03 Å². The van der Waals surface area contributed by atoms with E-state index in [0.717, 1.165) is 5.56 Å². The van der Waals surface area contributed by atoms with Crippen molar-refractivity contribution in [3.8, 4) is 0 Å². The van der Waals surface area contributed by atoms with Crippen LogP contribution >= 0.6 is 11.6 Å². The molecule has 2 amide bonds. The molecule has 1 unspecified atom stereocenters. The Morgan fingerprint density at radius 1 is 1.10 bits per heavy atom. The molecule has 0 spiro atoms. The van der Waals surface area contributed by atoms with E-state index >= 15 is 0 Å². The predicted octanol–water partition coefficient (Wildman–Crippen LogP) is 3.20. The van der Waals surface area contributed by atoms with E-state index in [0.29, 0.717) is 10.7 Å². The van der Waals surface area contributed by atoms with Gasteiger partial charge in [-0.2, -0.15) is 0 Å². The maximum atomic E-state index is 11.9. The van der Waals surface area contributed by atoms with Gasteiger partial charge in [-0.25, -0.2) is 4.79 Å². The first-order valence-electron chi connectivity index (χ1n) is 6.18. The summed E-state index contributed by atoms with van der Waals surface area (Å²) in [4.78, 5) is 11.9. The first-order chi connectivity index (χ1) is 9.69. The van der Waals surface area contributed by atoms with Crippen molar-refractivity contribution in [1.82, 2.24) is 5.32 Å². The molecule has 2 rings (SSSR count). The van der Waals surface area contributed by atoms with Crippen LogP contribution in [0.1, 0.15) is 11.6 Å². The molecule has 0 heterocycles. The molecule has 0 saturated heterocycles. The van der Waals surface area contributed by atoms with Gasteiger partial charge < -0.3 is 15.7 Å². The minimum atomic E-state index is -0.476. The molecule has 5 heteroatoms. The number of para-hydroxylation sites is 1. The second-order valence-electron chi connectivity index (χ2n) is 4.25. The Kier molecular flexibility index (Phi) is 4.98. The average molecular weight is 291 g/mol. The maximum Gasteiger partial charge on any atom is 0.319 e. The summed E-state index contributed by atoms with van der Waals surface area (Å²) < 4.78 is 0. The molecular weight excluding hydrogens is 276 g/mol. The van der Waals surface area contributed by atoms with E-state index in [-0.39, 0.29) is 12.6 Å². The average Bonchev–Trinajstić information content (AvgIpc) is 2.47. The van der Waals surface area contributed by atoms with Crippen LogP contribution in [0.5, 0.6) is 0 Å². The van der Waals surface area contributed by atoms with Crippen LogP contribution in [0.2, 0.25) is 5.02 Å². The standard InChI is InChI=1S/C15H15ClN2O2/c16-12-8-6-11(7-9-12)14(10-19)18-15(20)17-13-4-2-1-3-5-13/h1-9,14,19H,10H2,(H2,17,18,20). The molecule has 2 aromatic carbocycles. The van der Waals surface area contributed by atoms with Gasteiger partial charge in [0.25, 0.3) is 0 Å². The zero-order valence-corrected chi connectivity index (χ0v) is 11.5. The Balaban J connectivity index is 1.99. The fraction of sp³-hybridized carbons (Fsp3) is 0.133. The van der Waals surface area contributed by atoms with E-state index in [9.17, 15) is 9.90 Å². The number of benzene rings is 2. The highest BCUT2D eigenvalue weighted by Gasteiger charge is 2.13. The van der Waals surface area contributed by atoms with Crippen molar-refractivity contribution >= 4 is 23.3 Å². The number of rotatable bonds is 4. The van der Waals surface area contributed by atoms with Crippen molar-refractivity contribution in [2.75, 3.05) is 11.9 Å². The van der Waals surface area contributed by atoms with Crippen molar-refractivity contribution in [2.45, 2.75) is 6.04 Å². The van der Waals surface area contributed by atoms with Crippen LogP contribution in [-0.2, 0) is 0 Å². The van der Waals surface area contributed by atoms with Gasteiger partial charge in [0.2, 0.25) is 0 Å². The second-order valence-corrected chi connectivity index (χ2v) is 4.69. The van der Waals surface area contributed by atoms with Crippen molar-refractivity contribution in [3.05, 3.63) is 65.2 Å². The van der Waals surface area contributed by atoms with E-state index < -0.39 is 6.04 Å². The van der Waals surface area contributed by atoms with E-state index in [2.05, 4.69) is 10.6 Å². The molecule has 0 aromatic heterocycles. The molecule has 3 N–H and O–H groups in total. The van der Waals surface area contributed by atoms with E-state index in [1.807, 2.05) is 18.2 Å². The monoisotopic (exact) mass is 290 g/mol. The van der Waals surface area contributed by atoms with Crippen molar-refractivity contribution < 1.29 is 9.90 Å². The molecule has 20 heavy (non-hydrogen) atoms. The number of hydrogen-bond acceptors (Lipinski definition) is 2. The summed E-state index contributed by atoms with van der Waals surface area (Å²) in [5, 5.41) is 15.4. The molecule has 1 atom stereocenters. The molecule has 0 fully saturated rings. The molecular formula is C15H15ClN2O2. The molecule has 2 aromatic rings. The topological polar surface area (TPSA) is 61.4 Å². The number of anilines is 1. The molecule has 4 nitrogen and oxygen atoms in total. The third kappa shape index (κ3) is 3.98. The fourth-order valence-electron chi connectivity index (χ4n) is 1.78. The molecule has 0 aliphatic carbocycles. The summed E-state index contributed by atoms with van der Waals surface area (Å²) in [5.74, 6) is 0. The van der Waals surface area contributed by atoms with E-state index in [1.165, 1.54) is 0 Å². The number of carbonyl (C=O) groups is 1. The normalized spacial score (nSPS) is 11.7. The zero-order valence-electron chi connectivity index (χ0n) is 10.7. The highest BCUT2D eigenvalue weighted by molar-refractivity contribution is 6.30. The molecule has 0 bridgehead atoms. The van der Waals surface area contributed by atoms with Crippen LogP contribution in [0.3, 0.4) is 0 Å². The Morgan fingerprint density at radius 2 is 1.75 bits per heavy atom. The first-order valence-corrected chi connectivity index (χ1v) is 6.55. The molecule has 0 saturated carbocycles. The number of hydrogen-bond donors (Lipinski definition) is 3. The van der Waals surface area contributed by atoms with Gasteiger partial charge in [-0.15, -0.1) is 0 Å². The van der Waals surface area contributed by atoms with Crippen molar-refractivity contribution in [1.29, 1.82) is 0 Å². The third-order valence-electron chi connectivity index (χ3n) is 2.79. The Hall–Kier alpha value is -2.04. The highest BCUT2D eigenvalue weighted by atomic mass is 35.5. The van der Waals surface area contributed by atoms with Crippen LogP contribution in [-0.4, -0.2) is 17.7 Å². The maximum absolute atomic E-state index is 11.9. The smallest absolute Gasteiger partial charge is 0.319 e. The number of amides is 2. The van der Waals surface area contributed by atoms with Crippen LogP contribution in [0.25, 0.3) is 0 Å². The van der Waals surface area contributed by atoms with Gasteiger partial charge in [-0.05, 0) is 29.8 Å². The number of carbonyl (C=O) groups excluding carboxylic acids is 1. The summed E-state index contributed by atoms with van der Waals surface area (Å²) in [6.07, 6.45) is 0. The fourth-order valence-corrected chi connectivity index (χ4v) is 1.90. The van der Waals surface area contributed by atoms with Crippen molar-refractivity contribution in [3.63, 3.8) is 0 Å². The summed E-state index contributed by atoms with van der Waals surface area (Å²) in [6, 6.07) is 15.2. The lowest BCUT2D eigenvalue weighted by atomic mass is 10.1. The van der Waals surface area contributed by atoms with Crippen LogP contribution in [0, 0.1) is 0 Å². The van der Waals surface area contributed by atoms with Crippen LogP contribution < -0.4 is 10.6 Å². The third-order valence-corrected chi connectivity index (χ3v) is 3.04. The minimum absolute atomic E-state index is 0.191. The highest BCUT2D eigenvalue weighted by Crippen LogP contribution is 2.16. The first kappa shape index (κ1) is 14.4. The van der Waals surface area contributed by atoms with E-state index in [4.69, 9.17) is 11.6 Å². The van der Waals surface area contributed by atoms with Gasteiger partial charge in [-0.3, -0.25) is 0 Å². The van der Waals surface area contributed by atoms with Gasteiger partial charge in [0.15, 0.2) is 0 Å². The van der Waals surface area contributed by atoms with Crippen molar-refractivity contribution in [2.24, 2.45) is 0 Å². The Labute approximate surface area is 122 Å². The van der Waals surface area contributed by atoms with Gasteiger partial charge in [0, 0.05) is 10.7 Å². The lowest BCUT2D eigenvalue weighted by Gasteiger charge is -2.17. The van der Waals surface area contributed by atoms with Gasteiger partial charge in [0.1, 0.15) is 0 Å². The molecule has 0 aliphatic heterocycles. The molecule has 104 valence electrons. The lowest BCUT2D eigenvalue weighted by molar-refractivity contribution is 0.225. The van der Waals surface area contributed by atoms with Crippen LogP contribution in [0.15, 0.2) is 54.6 Å². The lowest BCUT2D eigenvalue weighted by Crippen LogP contribution is -2.34. The number of aliphatic hydroxyl groups is 1.